The quantitative estimate of drug-likeness (QED) is 0.556. The van der Waals surface area contributed by atoms with Gasteiger partial charge in [-0.3, -0.25) is 10.1 Å². The fourth-order valence-electron chi connectivity index (χ4n) is 2.04. The molecule has 0 saturated heterocycles. The molecule has 0 unspecified atom stereocenters. The van der Waals surface area contributed by atoms with Gasteiger partial charge in [0.2, 0.25) is 5.91 Å². The van der Waals surface area contributed by atoms with Gasteiger partial charge in [-0.05, 0) is 12.1 Å². The summed E-state index contributed by atoms with van der Waals surface area (Å²) in [6, 6.07) is 6.57. The molecule has 0 atom stereocenters. The monoisotopic (exact) mass is 374 g/mol. The second kappa shape index (κ2) is 6.87. The number of aromatic nitrogens is 2. The van der Waals surface area contributed by atoms with E-state index < -0.39 is 5.91 Å². The van der Waals surface area contributed by atoms with E-state index >= 15 is 0 Å². The van der Waals surface area contributed by atoms with E-state index in [-0.39, 0.29) is 6.03 Å². The molecular formula is C15H14N6O2S2. The first kappa shape index (κ1) is 16.9. The van der Waals surface area contributed by atoms with Crippen LogP contribution in [0.25, 0.3) is 21.1 Å². The van der Waals surface area contributed by atoms with Gasteiger partial charge in [0.15, 0.2) is 5.13 Å². The molecule has 0 saturated carbocycles. The average molecular weight is 374 g/mol. The van der Waals surface area contributed by atoms with Crippen molar-refractivity contribution in [1.82, 2.24) is 15.3 Å². The molecule has 128 valence electrons. The summed E-state index contributed by atoms with van der Waals surface area (Å²) in [5.41, 5.74) is 13.2. The van der Waals surface area contributed by atoms with Crippen LogP contribution in [0.2, 0.25) is 0 Å². The van der Waals surface area contributed by atoms with Gasteiger partial charge in [-0.25, -0.2) is 14.8 Å². The summed E-state index contributed by atoms with van der Waals surface area (Å²) in [5.74, 6) is -0.197. The van der Waals surface area contributed by atoms with Gasteiger partial charge < -0.3 is 16.8 Å². The largest absolute Gasteiger partial charge is 0.382 e. The number of anilines is 2. The Labute approximate surface area is 150 Å². The molecule has 6 N–H and O–H groups in total. The number of hydrogen-bond acceptors (Lipinski definition) is 7. The number of primary amides is 1. The number of amides is 3. The number of nitrogens with two attached hydrogens (primary N) is 2. The number of nitrogens with zero attached hydrogens (tertiary/aromatic N) is 2. The zero-order valence-corrected chi connectivity index (χ0v) is 14.7. The molecule has 0 aliphatic rings. The Kier molecular flexibility index (Phi) is 4.63. The maximum Gasteiger partial charge on any atom is 0.320 e. The molecule has 1 aromatic carbocycles. The van der Waals surface area contributed by atoms with Crippen LogP contribution in [0.1, 0.15) is 10.4 Å². The highest BCUT2D eigenvalue weighted by Crippen LogP contribution is 2.38. The summed E-state index contributed by atoms with van der Waals surface area (Å²) in [7, 11) is 1.51. The van der Waals surface area contributed by atoms with Gasteiger partial charge in [0.25, 0.3) is 0 Å². The molecule has 8 nitrogen and oxygen atoms in total. The fraction of sp³-hybridized carbons (Fsp3) is 0.0667. The first-order valence-corrected chi connectivity index (χ1v) is 8.78. The third-order valence-corrected chi connectivity index (χ3v) is 5.22. The van der Waals surface area contributed by atoms with Crippen LogP contribution in [0, 0.1) is 0 Å². The predicted octanol–water partition coefficient (Wildman–Crippen LogP) is 2.37. The molecule has 0 bridgehead atoms. The smallest absolute Gasteiger partial charge is 0.320 e. The Morgan fingerprint density at radius 3 is 2.76 bits per heavy atom. The first-order valence-electron chi connectivity index (χ1n) is 7.09. The van der Waals surface area contributed by atoms with Gasteiger partial charge in [-0.2, -0.15) is 0 Å². The number of rotatable bonds is 4. The number of nitrogen functional groups attached to an aromatic ring is 1. The summed E-state index contributed by atoms with van der Waals surface area (Å²) in [6.07, 6.45) is 0. The van der Waals surface area contributed by atoms with Crippen molar-refractivity contribution in [3.05, 3.63) is 35.2 Å². The summed E-state index contributed by atoms with van der Waals surface area (Å²) in [6.45, 7) is 0. The van der Waals surface area contributed by atoms with E-state index in [9.17, 15) is 9.59 Å². The van der Waals surface area contributed by atoms with Crippen LogP contribution < -0.4 is 22.1 Å². The van der Waals surface area contributed by atoms with Gasteiger partial charge in [-0.1, -0.05) is 23.5 Å². The standard InChI is InChI=1S/C15H14N6O2S2/c1-18-14(23)21-15-20-11(16)10(25-15)13-19-9(6-24-13)7-3-2-4-8(5-7)12(17)22/h2-6H,16H2,1H3,(H2,17,22)(H2,18,20,21,23). The highest BCUT2D eigenvalue weighted by molar-refractivity contribution is 7.23. The maximum absolute atomic E-state index is 11.4. The molecule has 0 aliphatic carbocycles. The molecule has 0 fully saturated rings. The molecular weight excluding hydrogens is 360 g/mol. The third kappa shape index (κ3) is 3.59. The van der Waals surface area contributed by atoms with Gasteiger partial charge in [0, 0.05) is 23.6 Å². The van der Waals surface area contributed by atoms with Crippen LogP contribution >= 0.6 is 22.7 Å². The van der Waals surface area contributed by atoms with E-state index in [0.29, 0.717) is 32.1 Å². The normalized spacial score (nSPS) is 10.4. The van der Waals surface area contributed by atoms with Crippen molar-refractivity contribution in [2.75, 3.05) is 18.1 Å². The number of nitrogens with one attached hydrogen (secondary N) is 2. The summed E-state index contributed by atoms with van der Waals surface area (Å²) in [4.78, 5) is 32.0. The third-order valence-electron chi connectivity index (χ3n) is 3.24. The van der Waals surface area contributed by atoms with Crippen molar-refractivity contribution in [3.8, 4) is 21.1 Å². The topological polar surface area (TPSA) is 136 Å². The van der Waals surface area contributed by atoms with Crippen LogP contribution in [0.4, 0.5) is 15.7 Å². The molecule has 25 heavy (non-hydrogen) atoms. The SMILES string of the molecule is CNC(=O)Nc1nc(N)c(-c2nc(-c3cccc(C(N)=O)c3)cs2)s1. The van der Waals surface area contributed by atoms with Crippen molar-refractivity contribution in [2.24, 2.45) is 5.73 Å². The average Bonchev–Trinajstić information content (AvgIpc) is 3.21. The lowest BCUT2D eigenvalue weighted by Crippen LogP contribution is -2.24. The Hall–Kier alpha value is -2.98. The van der Waals surface area contributed by atoms with E-state index in [1.165, 1.54) is 29.7 Å². The van der Waals surface area contributed by atoms with E-state index in [1.54, 1.807) is 18.2 Å². The minimum atomic E-state index is -0.492. The number of thiazole rings is 2. The summed E-state index contributed by atoms with van der Waals surface area (Å²) < 4.78 is 0. The lowest BCUT2D eigenvalue weighted by molar-refractivity contribution is 0.100. The van der Waals surface area contributed by atoms with Crippen LogP contribution in [-0.4, -0.2) is 29.0 Å². The van der Waals surface area contributed by atoms with Crippen LogP contribution in [0.5, 0.6) is 0 Å². The minimum absolute atomic E-state index is 0.295. The number of carbonyl (C=O) groups is 2. The van der Waals surface area contributed by atoms with Gasteiger partial charge in [-0.15, -0.1) is 11.3 Å². The van der Waals surface area contributed by atoms with Crippen LogP contribution in [0.15, 0.2) is 29.6 Å². The number of carbonyl (C=O) groups excluding carboxylic acids is 2. The van der Waals surface area contributed by atoms with E-state index in [1.807, 2.05) is 11.4 Å². The molecule has 3 amide bonds. The maximum atomic E-state index is 11.4. The first-order chi connectivity index (χ1) is 12.0. The van der Waals surface area contributed by atoms with Crippen LogP contribution in [-0.2, 0) is 0 Å². The molecule has 2 heterocycles. The summed E-state index contributed by atoms with van der Waals surface area (Å²) in [5, 5.41) is 7.96. The molecule has 0 aliphatic heterocycles. The molecule has 3 aromatic rings. The van der Waals surface area contributed by atoms with E-state index in [0.717, 1.165) is 5.56 Å². The second-order valence-electron chi connectivity index (χ2n) is 4.92. The Morgan fingerprint density at radius 2 is 2.04 bits per heavy atom. The number of hydrogen-bond donors (Lipinski definition) is 4. The Morgan fingerprint density at radius 1 is 1.24 bits per heavy atom. The van der Waals surface area contributed by atoms with Crippen molar-refractivity contribution < 1.29 is 9.59 Å². The van der Waals surface area contributed by atoms with Crippen LogP contribution in [0.3, 0.4) is 0 Å². The second-order valence-corrected chi connectivity index (χ2v) is 6.78. The van der Waals surface area contributed by atoms with E-state index in [2.05, 4.69) is 20.6 Å². The van der Waals surface area contributed by atoms with Gasteiger partial charge in [0.05, 0.1) is 5.69 Å². The molecule has 2 aromatic heterocycles. The minimum Gasteiger partial charge on any atom is -0.382 e. The number of benzene rings is 1. The highest BCUT2D eigenvalue weighted by atomic mass is 32.1. The van der Waals surface area contributed by atoms with Gasteiger partial charge in [0.1, 0.15) is 15.7 Å². The molecule has 0 radical (unpaired) electrons. The van der Waals surface area contributed by atoms with Crippen molar-refractivity contribution in [1.29, 1.82) is 0 Å². The lowest BCUT2D eigenvalue weighted by atomic mass is 10.1. The fourth-order valence-corrected chi connectivity index (χ4v) is 3.85. The van der Waals surface area contributed by atoms with Crippen molar-refractivity contribution >= 4 is 45.6 Å². The lowest BCUT2D eigenvalue weighted by Gasteiger charge is -1.99. The molecule has 3 rings (SSSR count). The van der Waals surface area contributed by atoms with Crippen molar-refractivity contribution in [2.45, 2.75) is 0 Å². The zero-order valence-electron chi connectivity index (χ0n) is 13.1. The van der Waals surface area contributed by atoms with Gasteiger partial charge >= 0.3 is 6.03 Å². The predicted molar refractivity (Wildman–Crippen MR) is 99.7 cm³/mol. The number of urea groups is 1. The Bertz CT molecular complexity index is 949. The zero-order chi connectivity index (χ0) is 18.0. The highest BCUT2D eigenvalue weighted by Gasteiger charge is 2.16. The molecule has 10 heteroatoms. The summed E-state index contributed by atoms with van der Waals surface area (Å²) >= 11 is 2.64. The Balaban J connectivity index is 1.90. The molecule has 0 spiro atoms. The van der Waals surface area contributed by atoms with Crippen molar-refractivity contribution in [3.63, 3.8) is 0 Å². The van der Waals surface area contributed by atoms with E-state index in [4.69, 9.17) is 11.5 Å².